The van der Waals surface area contributed by atoms with Crippen LogP contribution in [0.25, 0.3) is 11.3 Å². The molecule has 0 saturated carbocycles. The summed E-state index contributed by atoms with van der Waals surface area (Å²) in [6.07, 6.45) is -0.326. The van der Waals surface area contributed by atoms with Crippen LogP contribution >= 0.6 is 27.7 Å². The molecule has 0 unspecified atom stereocenters. The van der Waals surface area contributed by atoms with Crippen LogP contribution < -0.4 is 9.64 Å². The summed E-state index contributed by atoms with van der Waals surface area (Å²) >= 11 is 4.99. The minimum Gasteiger partial charge on any atom is -0.447 e. The van der Waals surface area contributed by atoms with E-state index in [1.54, 1.807) is 4.90 Å². The Bertz CT molecular complexity index is 1140. The van der Waals surface area contributed by atoms with E-state index in [0.717, 1.165) is 38.2 Å². The number of aromatic nitrogens is 3. The highest BCUT2D eigenvalue weighted by molar-refractivity contribution is 9.10. The molecule has 8 heteroatoms. The molecule has 0 spiro atoms. The topological polar surface area (TPSA) is 68.2 Å². The Balaban J connectivity index is 2.01. The van der Waals surface area contributed by atoms with E-state index < -0.39 is 6.23 Å². The monoisotopic (exact) mass is 498 g/mol. The van der Waals surface area contributed by atoms with E-state index in [0.29, 0.717) is 23.2 Å². The van der Waals surface area contributed by atoms with Crippen LogP contribution in [-0.4, -0.2) is 26.8 Å². The third-order valence-electron chi connectivity index (χ3n) is 5.03. The number of hydrogen-bond donors (Lipinski definition) is 0. The molecule has 0 N–H and O–H groups in total. The van der Waals surface area contributed by atoms with Gasteiger partial charge in [0.05, 0.1) is 5.69 Å². The van der Waals surface area contributed by atoms with Crippen molar-refractivity contribution in [3.8, 4) is 17.1 Å². The van der Waals surface area contributed by atoms with Gasteiger partial charge in [0.15, 0.2) is 5.69 Å². The largest absolute Gasteiger partial charge is 0.447 e. The lowest BCUT2D eigenvalue weighted by molar-refractivity contribution is -0.120. The van der Waals surface area contributed by atoms with Crippen molar-refractivity contribution in [3.63, 3.8) is 0 Å². The Morgan fingerprint density at radius 2 is 1.90 bits per heavy atom. The fraction of sp³-hybridized carbons (Fsp3) is 0.304. The molecule has 0 bridgehead atoms. The molecular formula is C23H23BrN4O2S. The van der Waals surface area contributed by atoms with Crippen molar-refractivity contribution in [1.82, 2.24) is 15.2 Å². The van der Waals surface area contributed by atoms with E-state index in [-0.39, 0.29) is 5.91 Å². The zero-order valence-corrected chi connectivity index (χ0v) is 20.2. The molecule has 1 aromatic heterocycles. The number of thioether (sulfide) groups is 1. The lowest BCUT2D eigenvalue weighted by Crippen LogP contribution is -2.37. The summed E-state index contributed by atoms with van der Waals surface area (Å²) < 4.78 is 7.40. The lowest BCUT2D eigenvalue weighted by atomic mass is 10.00. The Kier molecular flexibility index (Phi) is 6.29. The number of fused-ring (bicyclic) bond motifs is 3. The van der Waals surface area contributed by atoms with Crippen LogP contribution in [0.15, 0.2) is 46.0 Å². The highest BCUT2D eigenvalue weighted by atomic mass is 79.9. The second kappa shape index (κ2) is 8.96. The van der Waals surface area contributed by atoms with Gasteiger partial charge in [0.1, 0.15) is 0 Å². The molecule has 1 amide bonds. The van der Waals surface area contributed by atoms with Crippen molar-refractivity contribution in [2.75, 3.05) is 10.7 Å². The predicted octanol–water partition coefficient (Wildman–Crippen LogP) is 5.86. The number of nitrogens with zero attached hydrogens (tertiary/aromatic N) is 4. The number of carbonyl (C=O) groups excluding carboxylic acids is 1. The van der Waals surface area contributed by atoms with Gasteiger partial charge in [0.25, 0.3) is 0 Å². The van der Waals surface area contributed by atoms with Crippen molar-refractivity contribution in [2.45, 2.75) is 45.5 Å². The van der Waals surface area contributed by atoms with Crippen molar-refractivity contribution >= 4 is 39.3 Å². The molecule has 3 aromatic rings. The maximum atomic E-state index is 13.3. The van der Waals surface area contributed by atoms with Gasteiger partial charge in [-0.3, -0.25) is 9.69 Å². The molecule has 0 fully saturated rings. The molecule has 2 heterocycles. The summed E-state index contributed by atoms with van der Waals surface area (Å²) in [7, 11) is 0. The first-order chi connectivity index (χ1) is 14.9. The van der Waals surface area contributed by atoms with Crippen LogP contribution in [0.5, 0.6) is 5.88 Å². The van der Waals surface area contributed by atoms with Crippen LogP contribution in [0, 0.1) is 13.8 Å². The standard InChI is InChI=1S/C23H23BrN4O2S/c1-5-18(29)28-20-14(4)11-13(3)12-17(20)19-21(25-23(27-26-19)31-6-2)30-22(28)15-7-9-16(24)10-8-15/h7-12,22H,5-6H2,1-4H3/t22-/m1/s1. The Morgan fingerprint density at radius 1 is 1.16 bits per heavy atom. The number of carbonyl (C=O) groups is 1. The first-order valence-corrected chi connectivity index (χ1v) is 11.9. The predicted molar refractivity (Wildman–Crippen MR) is 126 cm³/mol. The molecule has 2 aromatic carbocycles. The molecule has 31 heavy (non-hydrogen) atoms. The average Bonchev–Trinajstić information content (AvgIpc) is 2.88. The molecule has 1 atom stereocenters. The number of benzene rings is 2. The number of halogens is 1. The zero-order chi connectivity index (χ0) is 22.1. The molecular weight excluding hydrogens is 476 g/mol. The number of anilines is 1. The Labute approximate surface area is 194 Å². The zero-order valence-electron chi connectivity index (χ0n) is 17.8. The molecule has 6 nitrogen and oxygen atoms in total. The second-order valence-electron chi connectivity index (χ2n) is 7.30. The van der Waals surface area contributed by atoms with E-state index in [2.05, 4.69) is 37.2 Å². The van der Waals surface area contributed by atoms with Gasteiger partial charge in [0, 0.05) is 22.0 Å². The first-order valence-electron chi connectivity index (χ1n) is 10.2. The summed E-state index contributed by atoms with van der Waals surface area (Å²) in [5.74, 6) is 1.17. The third-order valence-corrected chi connectivity index (χ3v) is 6.28. The van der Waals surface area contributed by atoms with Gasteiger partial charge in [-0.2, -0.15) is 4.98 Å². The van der Waals surface area contributed by atoms with Gasteiger partial charge in [0.2, 0.25) is 23.2 Å². The SMILES string of the molecule is CCSc1nnc2c(n1)O[C@H](c1ccc(Br)cc1)N(C(=O)CC)c1c(C)cc(C)cc1-2. The van der Waals surface area contributed by atoms with Crippen LogP contribution in [0.3, 0.4) is 0 Å². The van der Waals surface area contributed by atoms with E-state index in [1.807, 2.05) is 58.0 Å². The fourth-order valence-electron chi connectivity index (χ4n) is 3.75. The van der Waals surface area contributed by atoms with E-state index in [1.165, 1.54) is 11.8 Å². The maximum absolute atomic E-state index is 13.3. The minimum absolute atomic E-state index is 0.0370. The van der Waals surface area contributed by atoms with Crippen molar-refractivity contribution < 1.29 is 9.53 Å². The summed E-state index contributed by atoms with van der Waals surface area (Å²) in [5.41, 5.74) is 5.05. The number of hydrogen-bond acceptors (Lipinski definition) is 6. The molecule has 1 aliphatic heterocycles. The van der Waals surface area contributed by atoms with Crippen LogP contribution in [0.4, 0.5) is 5.69 Å². The minimum atomic E-state index is -0.668. The molecule has 0 aliphatic carbocycles. The van der Waals surface area contributed by atoms with Crippen LogP contribution in [0.2, 0.25) is 0 Å². The third kappa shape index (κ3) is 4.19. The summed E-state index contributed by atoms with van der Waals surface area (Å²) in [6, 6.07) is 11.9. The lowest BCUT2D eigenvalue weighted by Gasteiger charge is -2.32. The van der Waals surface area contributed by atoms with Crippen LogP contribution in [-0.2, 0) is 4.79 Å². The fourth-order valence-corrected chi connectivity index (χ4v) is 4.51. The number of aryl methyl sites for hydroxylation is 2. The van der Waals surface area contributed by atoms with E-state index in [4.69, 9.17) is 4.74 Å². The number of amides is 1. The maximum Gasteiger partial charge on any atom is 0.247 e. The van der Waals surface area contributed by atoms with Crippen LogP contribution in [0.1, 0.15) is 43.2 Å². The van der Waals surface area contributed by atoms with Gasteiger partial charge < -0.3 is 4.74 Å². The number of rotatable bonds is 4. The van der Waals surface area contributed by atoms with Crippen molar-refractivity contribution in [1.29, 1.82) is 0 Å². The van der Waals surface area contributed by atoms with Gasteiger partial charge in [-0.05, 0) is 43.4 Å². The van der Waals surface area contributed by atoms with E-state index in [9.17, 15) is 4.79 Å². The summed E-state index contributed by atoms with van der Waals surface area (Å²) in [5, 5.41) is 9.33. The number of ether oxygens (including phenoxy) is 1. The van der Waals surface area contributed by atoms with E-state index >= 15 is 0 Å². The summed E-state index contributed by atoms with van der Waals surface area (Å²) in [6.45, 7) is 7.93. The molecule has 160 valence electrons. The quantitative estimate of drug-likeness (QED) is 0.419. The van der Waals surface area contributed by atoms with Gasteiger partial charge >= 0.3 is 0 Å². The Hall–Kier alpha value is -2.45. The highest BCUT2D eigenvalue weighted by Crippen LogP contribution is 2.45. The van der Waals surface area contributed by atoms with Gasteiger partial charge in [-0.25, -0.2) is 0 Å². The first kappa shape index (κ1) is 21.8. The average molecular weight is 499 g/mol. The Morgan fingerprint density at radius 3 is 2.58 bits per heavy atom. The smallest absolute Gasteiger partial charge is 0.247 e. The molecule has 0 radical (unpaired) electrons. The van der Waals surface area contributed by atoms with Crippen molar-refractivity contribution in [3.05, 3.63) is 57.6 Å². The van der Waals surface area contributed by atoms with Gasteiger partial charge in [-0.15, -0.1) is 10.2 Å². The normalized spacial score (nSPS) is 15.0. The van der Waals surface area contributed by atoms with Gasteiger partial charge in [-0.1, -0.05) is 65.3 Å². The molecule has 0 saturated heterocycles. The summed E-state index contributed by atoms with van der Waals surface area (Å²) in [4.78, 5) is 19.7. The second-order valence-corrected chi connectivity index (χ2v) is 9.45. The molecule has 1 aliphatic rings. The molecule has 4 rings (SSSR count). The van der Waals surface area contributed by atoms with Crippen molar-refractivity contribution in [2.24, 2.45) is 0 Å². The highest BCUT2D eigenvalue weighted by Gasteiger charge is 2.36.